The van der Waals surface area contributed by atoms with Crippen molar-refractivity contribution in [2.75, 3.05) is 12.8 Å². The minimum atomic E-state index is 0.0956. The second kappa shape index (κ2) is 5.00. The lowest BCUT2D eigenvalue weighted by atomic mass is 10.2. The molecule has 2 heterocycles. The van der Waals surface area contributed by atoms with E-state index in [4.69, 9.17) is 15.2 Å². The van der Waals surface area contributed by atoms with Crippen LogP contribution < -0.4 is 15.2 Å². The second-order valence-corrected chi connectivity index (χ2v) is 4.07. The molecular weight excluding hydrogens is 256 g/mol. The first-order valence-corrected chi connectivity index (χ1v) is 5.96. The highest BCUT2D eigenvalue weighted by Gasteiger charge is 2.05. The van der Waals surface area contributed by atoms with Gasteiger partial charge in [0.2, 0.25) is 17.7 Å². The molecular formula is C14H12N4O2. The van der Waals surface area contributed by atoms with E-state index in [1.165, 1.54) is 7.11 Å². The van der Waals surface area contributed by atoms with Crippen LogP contribution in [0.3, 0.4) is 0 Å². The zero-order chi connectivity index (χ0) is 13.9. The fourth-order valence-corrected chi connectivity index (χ4v) is 1.81. The van der Waals surface area contributed by atoms with Crippen LogP contribution in [0.15, 0.2) is 42.6 Å². The van der Waals surface area contributed by atoms with Gasteiger partial charge < -0.3 is 15.2 Å². The number of hydrogen-bond acceptors (Lipinski definition) is 6. The molecule has 20 heavy (non-hydrogen) atoms. The number of aromatic nitrogens is 3. The van der Waals surface area contributed by atoms with E-state index < -0.39 is 0 Å². The van der Waals surface area contributed by atoms with E-state index in [1.54, 1.807) is 12.3 Å². The Morgan fingerprint density at radius 3 is 2.75 bits per heavy atom. The van der Waals surface area contributed by atoms with E-state index in [0.717, 1.165) is 10.9 Å². The lowest BCUT2D eigenvalue weighted by molar-refractivity contribution is 0.389. The Bertz CT molecular complexity index is 761. The van der Waals surface area contributed by atoms with Gasteiger partial charge in [-0.05, 0) is 18.2 Å². The summed E-state index contributed by atoms with van der Waals surface area (Å²) >= 11 is 0. The molecule has 6 heteroatoms. The van der Waals surface area contributed by atoms with Gasteiger partial charge in [-0.1, -0.05) is 6.07 Å². The van der Waals surface area contributed by atoms with Gasteiger partial charge in [0.25, 0.3) is 0 Å². The predicted octanol–water partition coefficient (Wildman–Crippen LogP) is 2.41. The van der Waals surface area contributed by atoms with Crippen molar-refractivity contribution >= 4 is 16.9 Å². The average Bonchev–Trinajstić information content (AvgIpc) is 2.46. The van der Waals surface area contributed by atoms with Crippen molar-refractivity contribution in [3.05, 3.63) is 42.6 Å². The summed E-state index contributed by atoms with van der Waals surface area (Å²) in [6.07, 6.45) is 1.73. The quantitative estimate of drug-likeness (QED) is 0.785. The molecule has 3 aromatic rings. The van der Waals surface area contributed by atoms with Crippen molar-refractivity contribution in [3.63, 3.8) is 0 Å². The normalized spacial score (nSPS) is 10.4. The van der Waals surface area contributed by atoms with Gasteiger partial charge in [-0.2, -0.15) is 9.97 Å². The number of rotatable bonds is 3. The maximum atomic E-state index is 5.66. The Balaban J connectivity index is 1.94. The third kappa shape index (κ3) is 2.44. The number of nitrogens with two attached hydrogens (primary N) is 1. The van der Waals surface area contributed by atoms with Crippen LogP contribution >= 0.6 is 0 Å². The fourth-order valence-electron chi connectivity index (χ4n) is 1.81. The largest absolute Gasteiger partial charge is 0.481 e. The minimum absolute atomic E-state index is 0.0956. The maximum Gasteiger partial charge on any atom is 0.227 e. The van der Waals surface area contributed by atoms with E-state index in [9.17, 15) is 0 Å². The summed E-state index contributed by atoms with van der Waals surface area (Å²) in [5.41, 5.74) is 6.43. The van der Waals surface area contributed by atoms with Crippen LogP contribution in [0.25, 0.3) is 10.9 Å². The van der Waals surface area contributed by atoms with Gasteiger partial charge >= 0.3 is 0 Å². The number of anilines is 1. The van der Waals surface area contributed by atoms with Gasteiger partial charge in [0, 0.05) is 17.6 Å². The Morgan fingerprint density at radius 2 is 1.90 bits per heavy atom. The molecule has 2 aromatic heterocycles. The van der Waals surface area contributed by atoms with E-state index in [-0.39, 0.29) is 5.95 Å². The summed E-state index contributed by atoms with van der Waals surface area (Å²) in [7, 11) is 1.51. The first-order valence-electron chi connectivity index (χ1n) is 5.96. The summed E-state index contributed by atoms with van der Waals surface area (Å²) in [4.78, 5) is 12.2. The van der Waals surface area contributed by atoms with Crippen molar-refractivity contribution in [1.82, 2.24) is 15.0 Å². The van der Waals surface area contributed by atoms with E-state index in [2.05, 4.69) is 15.0 Å². The van der Waals surface area contributed by atoms with Crippen molar-refractivity contribution in [2.24, 2.45) is 0 Å². The predicted molar refractivity (Wildman–Crippen MR) is 74.8 cm³/mol. The van der Waals surface area contributed by atoms with Gasteiger partial charge in [0.05, 0.1) is 18.7 Å². The Labute approximate surface area is 115 Å². The molecule has 2 N–H and O–H groups in total. The average molecular weight is 268 g/mol. The van der Waals surface area contributed by atoms with Gasteiger partial charge in [-0.15, -0.1) is 0 Å². The highest BCUT2D eigenvalue weighted by Crippen LogP contribution is 2.25. The first-order chi connectivity index (χ1) is 9.74. The number of methoxy groups -OCH3 is 1. The van der Waals surface area contributed by atoms with Crippen molar-refractivity contribution in [2.45, 2.75) is 0 Å². The van der Waals surface area contributed by atoms with E-state index in [1.807, 2.05) is 30.3 Å². The summed E-state index contributed by atoms with van der Waals surface area (Å²) in [6, 6.07) is 11.0. The molecule has 0 bridgehead atoms. The Hall–Kier alpha value is -2.89. The summed E-state index contributed by atoms with van der Waals surface area (Å²) in [6.45, 7) is 0. The molecule has 0 amide bonds. The molecule has 0 unspecified atom stereocenters. The third-order valence-corrected chi connectivity index (χ3v) is 2.71. The van der Waals surface area contributed by atoms with Crippen molar-refractivity contribution < 1.29 is 9.47 Å². The van der Waals surface area contributed by atoms with Crippen molar-refractivity contribution in [3.8, 4) is 17.5 Å². The smallest absolute Gasteiger partial charge is 0.227 e. The summed E-state index contributed by atoms with van der Waals surface area (Å²) in [5.74, 6) is 1.39. The van der Waals surface area contributed by atoms with Gasteiger partial charge in [-0.25, -0.2) is 0 Å². The lowest BCUT2D eigenvalue weighted by Crippen LogP contribution is -1.99. The van der Waals surface area contributed by atoms with Crippen LogP contribution in [0.1, 0.15) is 0 Å². The SMILES string of the molecule is COc1cc(Oc2ccc3cccnc3c2)nc(N)n1. The molecule has 1 aromatic carbocycles. The number of pyridine rings is 1. The number of nitrogen functional groups attached to an aromatic ring is 1. The monoisotopic (exact) mass is 268 g/mol. The molecule has 0 aliphatic heterocycles. The number of hydrogen-bond donors (Lipinski definition) is 1. The zero-order valence-electron chi connectivity index (χ0n) is 10.8. The molecule has 6 nitrogen and oxygen atoms in total. The van der Waals surface area contributed by atoms with E-state index >= 15 is 0 Å². The maximum absolute atomic E-state index is 5.66. The van der Waals surface area contributed by atoms with Crippen LogP contribution in [0, 0.1) is 0 Å². The van der Waals surface area contributed by atoms with Crippen molar-refractivity contribution in [1.29, 1.82) is 0 Å². The van der Waals surface area contributed by atoms with Crippen LogP contribution in [-0.4, -0.2) is 22.1 Å². The standard InChI is InChI=1S/C14H12N4O2/c1-19-12-8-13(18-14(15)17-12)20-10-5-4-9-3-2-6-16-11(9)7-10/h2-8H,1H3,(H2,15,17,18). The molecule has 0 aliphatic carbocycles. The number of fused-ring (bicyclic) bond motifs is 1. The molecule has 0 fully saturated rings. The van der Waals surface area contributed by atoms with Crippen LogP contribution in [0.5, 0.6) is 17.5 Å². The molecule has 0 spiro atoms. The topological polar surface area (TPSA) is 83.2 Å². The van der Waals surface area contributed by atoms with Crippen LogP contribution in [-0.2, 0) is 0 Å². The highest BCUT2D eigenvalue weighted by atomic mass is 16.5. The molecule has 3 rings (SSSR count). The number of benzene rings is 1. The molecule has 0 saturated carbocycles. The van der Waals surface area contributed by atoms with Gasteiger partial charge in [0.1, 0.15) is 5.75 Å². The summed E-state index contributed by atoms with van der Waals surface area (Å²) in [5, 5.41) is 1.04. The second-order valence-electron chi connectivity index (χ2n) is 4.07. The minimum Gasteiger partial charge on any atom is -0.481 e. The van der Waals surface area contributed by atoms with Crippen LogP contribution in [0.4, 0.5) is 5.95 Å². The molecule has 0 saturated heterocycles. The molecule has 100 valence electrons. The number of nitrogens with zero attached hydrogens (tertiary/aromatic N) is 3. The van der Waals surface area contributed by atoms with E-state index in [0.29, 0.717) is 17.5 Å². The van der Waals surface area contributed by atoms with Gasteiger partial charge in [0.15, 0.2) is 0 Å². The Morgan fingerprint density at radius 1 is 1.05 bits per heavy atom. The molecule has 0 aliphatic rings. The highest BCUT2D eigenvalue weighted by molar-refractivity contribution is 5.79. The summed E-state index contributed by atoms with van der Waals surface area (Å²) < 4.78 is 10.7. The third-order valence-electron chi connectivity index (χ3n) is 2.71. The zero-order valence-corrected chi connectivity index (χ0v) is 10.8. The molecule has 0 atom stereocenters. The number of ether oxygens (including phenoxy) is 2. The Kier molecular flexibility index (Phi) is 3.04. The molecule has 0 radical (unpaired) electrons. The fraction of sp³-hybridized carbons (Fsp3) is 0.0714. The van der Waals surface area contributed by atoms with Crippen LogP contribution in [0.2, 0.25) is 0 Å². The van der Waals surface area contributed by atoms with Gasteiger partial charge in [-0.3, -0.25) is 4.98 Å². The first kappa shape index (κ1) is 12.2. The lowest BCUT2D eigenvalue weighted by Gasteiger charge is -2.07.